The standard InChI is InChI=1S/C13H26N2O4/c1-13(2,3)19-12(16)14-10-5-6-11(9-10)15-18-8-7-17-4/h10-11,15H,5-9H2,1-4H3,(H,14,16). The lowest BCUT2D eigenvalue weighted by Crippen LogP contribution is -2.39. The summed E-state index contributed by atoms with van der Waals surface area (Å²) in [5.41, 5.74) is 2.54. The molecule has 2 atom stereocenters. The van der Waals surface area contributed by atoms with Gasteiger partial charge in [-0.2, -0.15) is 5.48 Å². The Morgan fingerprint density at radius 1 is 1.21 bits per heavy atom. The average molecular weight is 274 g/mol. The molecular weight excluding hydrogens is 248 g/mol. The Bertz CT molecular complexity index is 278. The van der Waals surface area contributed by atoms with E-state index < -0.39 is 5.60 Å². The van der Waals surface area contributed by atoms with Crippen molar-refractivity contribution < 1.29 is 19.1 Å². The summed E-state index contributed by atoms with van der Waals surface area (Å²) >= 11 is 0. The first-order valence-corrected chi connectivity index (χ1v) is 6.76. The van der Waals surface area contributed by atoms with Crippen LogP contribution in [0.1, 0.15) is 40.0 Å². The van der Waals surface area contributed by atoms with E-state index in [9.17, 15) is 4.79 Å². The SMILES string of the molecule is COCCONC1CCC(NC(=O)OC(C)(C)C)C1. The molecule has 112 valence electrons. The molecular formula is C13H26N2O4. The monoisotopic (exact) mass is 274 g/mol. The van der Waals surface area contributed by atoms with E-state index in [1.54, 1.807) is 7.11 Å². The zero-order chi connectivity index (χ0) is 14.3. The number of amides is 1. The van der Waals surface area contributed by atoms with Gasteiger partial charge in [0.05, 0.1) is 13.2 Å². The molecule has 19 heavy (non-hydrogen) atoms. The van der Waals surface area contributed by atoms with Crippen molar-refractivity contribution in [2.45, 2.75) is 57.7 Å². The van der Waals surface area contributed by atoms with Crippen LogP contribution >= 0.6 is 0 Å². The quantitative estimate of drug-likeness (QED) is 0.569. The van der Waals surface area contributed by atoms with Crippen molar-refractivity contribution in [1.82, 2.24) is 10.8 Å². The zero-order valence-corrected chi connectivity index (χ0v) is 12.3. The Labute approximate surface area is 115 Å². The summed E-state index contributed by atoms with van der Waals surface area (Å²) in [6.45, 7) is 6.66. The van der Waals surface area contributed by atoms with E-state index >= 15 is 0 Å². The molecule has 2 N–H and O–H groups in total. The molecule has 0 aromatic carbocycles. The summed E-state index contributed by atoms with van der Waals surface area (Å²) in [6, 6.07) is 0.426. The number of hydrogen-bond acceptors (Lipinski definition) is 5. The van der Waals surface area contributed by atoms with E-state index in [1.807, 2.05) is 20.8 Å². The van der Waals surface area contributed by atoms with Crippen LogP contribution in [0.5, 0.6) is 0 Å². The Hall–Kier alpha value is -0.850. The van der Waals surface area contributed by atoms with E-state index in [4.69, 9.17) is 14.3 Å². The molecule has 1 rings (SSSR count). The summed E-state index contributed by atoms with van der Waals surface area (Å²) in [4.78, 5) is 16.9. The van der Waals surface area contributed by atoms with Gasteiger partial charge in [0.15, 0.2) is 0 Å². The minimum absolute atomic E-state index is 0.151. The molecule has 0 bridgehead atoms. The number of hydroxylamine groups is 1. The minimum atomic E-state index is -0.455. The van der Waals surface area contributed by atoms with Crippen molar-refractivity contribution in [3.8, 4) is 0 Å². The van der Waals surface area contributed by atoms with Gasteiger partial charge in [0, 0.05) is 19.2 Å². The molecule has 1 fully saturated rings. The highest BCUT2D eigenvalue weighted by molar-refractivity contribution is 5.68. The molecule has 1 aliphatic carbocycles. The first-order valence-electron chi connectivity index (χ1n) is 6.76. The minimum Gasteiger partial charge on any atom is -0.444 e. The average Bonchev–Trinajstić information content (AvgIpc) is 2.69. The number of alkyl carbamates (subject to hydrolysis) is 1. The fraction of sp³-hybridized carbons (Fsp3) is 0.923. The first kappa shape index (κ1) is 16.2. The molecule has 0 aliphatic heterocycles. The van der Waals surface area contributed by atoms with Crippen molar-refractivity contribution in [3.05, 3.63) is 0 Å². The van der Waals surface area contributed by atoms with Crippen LogP contribution in [-0.4, -0.2) is 44.1 Å². The van der Waals surface area contributed by atoms with Crippen LogP contribution in [0.2, 0.25) is 0 Å². The van der Waals surface area contributed by atoms with Gasteiger partial charge in [-0.25, -0.2) is 4.79 Å². The van der Waals surface area contributed by atoms with Crippen LogP contribution in [0.25, 0.3) is 0 Å². The van der Waals surface area contributed by atoms with Gasteiger partial charge in [0.25, 0.3) is 0 Å². The number of methoxy groups -OCH3 is 1. The number of hydrogen-bond donors (Lipinski definition) is 2. The number of rotatable bonds is 6. The van der Waals surface area contributed by atoms with Gasteiger partial charge < -0.3 is 14.8 Å². The lowest BCUT2D eigenvalue weighted by atomic mass is 10.2. The molecule has 1 aliphatic rings. The Morgan fingerprint density at radius 2 is 1.89 bits per heavy atom. The lowest BCUT2D eigenvalue weighted by molar-refractivity contribution is -0.0111. The van der Waals surface area contributed by atoms with Crippen molar-refractivity contribution in [3.63, 3.8) is 0 Å². The molecule has 0 saturated heterocycles. The zero-order valence-electron chi connectivity index (χ0n) is 12.3. The molecule has 0 radical (unpaired) electrons. The van der Waals surface area contributed by atoms with Crippen LogP contribution in [0.4, 0.5) is 4.79 Å². The van der Waals surface area contributed by atoms with Crippen LogP contribution in [0.15, 0.2) is 0 Å². The largest absolute Gasteiger partial charge is 0.444 e. The van der Waals surface area contributed by atoms with Crippen molar-refractivity contribution in [2.75, 3.05) is 20.3 Å². The second-order valence-electron chi connectivity index (χ2n) is 5.81. The maximum absolute atomic E-state index is 11.6. The van der Waals surface area contributed by atoms with Crippen LogP contribution in [0, 0.1) is 0 Å². The maximum Gasteiger partial charge on any atom is 0.407 e. The Morgan fingerprint density at radius 3 is 2.53 bits per heavy atom. The predicted octanol–water partition coefficient (Wildman–Crippen LogP) is 1.60. The summed E-state index contributed by atoms with van der Waals surface area (Å²) < 4.78 is 10.1. The Kier molecular flexibility index (Phi) is 6.54. The van der Waals surface area contributed by atoms with Crippen molar-refractivity contribution >= 4 is 6.09 Å². The fourth-order valence-electron chi connectivity index (χ4n) is 2.00. The van der Waals surface area contributed by atoms with E-state index in [-0.39, 0.29) is 18.2 Å². The van der Waals surface area contributed by atoms with Gasteiger partial charge in [0.1, 0.15) is 5.60 Å². The fourth-order valence-corrected chi connectivity index (χ4v) is 2.00. The van der Waals surface area contributed by atoms with Crippen molar-refractivity contribution in [1.29, 1.82) is 0 Å². The molecule has 1 saturated carbocycles. The number of nitrogens with one attached hydrogen (secondary N) is 2. The summed E-state index contributed by atoms with van der Waals surface area (Å²) in [5.74, 6) is 0. The van der Waals surface area contributed by atoms with E-state index in [2.05, 4.69) is 10.8 Å². The van der Waals surface area contributed by atoms with Gasteiger partial charge in [-0.1, -0.05) is 0 Å². The van der Waals surface area contributed by atoms with Gasteiger partial charge in [-0.15, -0.1) is 0 Å². The first-order chi connectivity index (χ1) is 8.90. The molecule has 0 spiro atoms. The highest BCUT2D eigenvalue weighted by Gasteiger charge is 2.27. The van der Waals surface area contributed by atoms with Crippen LogP contribution < -0.4 is 10.8 Å². The topological polar surface area (TPSA) is 68.8 Å². The third-order valence-corrected chi connectivity index (χ3v) is 2.79. The number of carbonyl (C=O) groups is 1. The van der Waals surface area contributed by atoms with Gasteiger partial charge in [0.2, 0.25) is 0 Å². The smallest absolute Gasteiger partial charge is 0.407 e. The van der Waals surface area contributed by atoms with Crippen LogP contribution in [0.3, 0.4) is 0 Å². The molecule has 0 aromatic rings. The van der Waals surface area contributed by atoms with Gasteiger partial charge in [-0.3, -0.25) is 4.84 Å². The number of carbonyl (C=O) groups excluding carboxylic acids is 1. The van der Waals surface area contributed by atoms with Crippen LogP contribution in [-0.2, 0) is 14.3 Å². The predicted molar refractivity (Wildman–Crippen MR) is 71.8 cm³/mol. The summed E-state index contributed by atoms with van der Waals surface area (Å²) in [7, 11) is 1.64. The third-order valence-electron chi connectivity index (χ3n) is 2.79. The highest BCUT2D eigenvalue weighted by Crippen LogP contribution is 2.19. The number of ether oxygens (including phenoxy) is 2. The lowest BCUT2D eigenvalue weighted by Gasteiger charge is -2.21. The van der Waals surface area contributed by atoms with E-state index in [0.29, 0.717) is 13.2 Å². The maximum atomic E-state index is 11.6. The molecule has 0 aromatic heterocycles. The van der Waals surface area contributed by atoms with E-state index in [1.165, 1.54) is 0 Å². The Balaban J connectivity index is 2.16. The summed E-state index contributed by atoms with van der Waals surface area (Å²) in [6.07, 6.45) is 2.42. The second kappa shape index (κ2) is 7.67. The molecule has 6 heteroatoms. The van der Waals surface area contributed by atoms with Crippen molar-refractivity contribution in [2.24, 2.45) is 0 Å². The highest BCUT2D eigenvalue weighted by atomic mass is 16.7. The van der Waals surface area contributed by atoms with E-state index in [0.717, 1.165) is 19.3 Å². The molecule has 6 nitrogen and oxygen atoms in total. The van der Waals surface area contributed by atoms with Gasteiger partial charge >= 0.3 is 6.09 Å². The summed E-state index contributed by atoms with van der Waals surface area (Å²) in [5, 5.41) is 2.89. The van der Waals surface area contributed by atoms with Gasteiger partial charge in [-0.05, 0) is 40.0 Å². The third kappa shape index (κ3) is 7.34. The normalized spacial score (nSPS) is 23.4. The molecule has 2 unspecified atom stereocenters. The molecule has 0 heterocycles. The second-order valence-corrected chi connectivity index (χ2v) is 5.81. The molecule has 1 amide bonds.